The third-order valence-corrected chi connectivity index (χ3v) is 2.34. The van der Waals surface area contributed by atoms with E-state index in [2.05, 4.69) is 5.32 Å². The van der Waals surface area contributed by atoms with Gasteiger partial charge in [-0.15, -0.1) is 12.4 Å². The second-order valence-electron chi connectivity index (χ2n) is 3.07. The van der Waals surface area contributed by atoms with Gasteiger partial charge in [0.25, 0.3) is 0 Å². The number of aliphatic hydroxyl groups is 2. The van der Waals surface area contributed by atoms with Crippen molar-refractivity contribution in [2.45, 2.75) is 12.8 Å². The Kier molecular flexibility index (Phi) is 5.01. The molecule has 3 N–H and O–H groups in total. The van der Waals surface area contributed by atoms with Crippen LogP contribution < -0.4 is 5.32 Å². The summed E-state index contributed by atoms with van der Waals surface area (Å²) >= 11 is 0. The number of halogens is 1. The van der Waals surface area contributed by atoms with Gasteiger partial charge < -0.3 is 15.5 Å². The Labute approximate surface area is 73.2 Å². The molecule has 1 saturated heterocycles. The molecule has 1 rings (SSSR count). The lowest BCUT2D eigenvalue weighted by Crippen LogP contribution is -2.41. The first-order valence-corrected chi connectivity index (χ1v) is 3.75. The molecule has 0 aromatic rings. The van der Waals surface area contributed by atoms with Crippen molar-refractivity contribution < 1.29 is 10.2 Å². The zero-order chi connectivity index (χ0) is 7.45. The Morgan fingerprint density at radius 3 is 1.82 bits per heavy atom. The van der Waals surface area contributed by atoms with Crippen molar-refractivity contribution in [1.82, 2.24) is 5.32 Å². The van der Waals surface area contributed by atoms with Gasteiger partial charge in [0.2, 0.25) is 0 Å². The summed E-state index contributed by atoms with van der Waals surface area (Å²) in [4.78, 5) is 0. The lowest BCUT2D eigenvalue weighted by atomic mass is 9.81. The average molecular weight is 182 g/mol. The highest BCUT2D eigenvalue weighted by molar-refractivity contribution is 5.85. The Morgan fingerprint density at radius 2 is 1.55 bits per heavy atom. The van der Waals surface area contributed by atoms with Crippen molar-refractivity contribution in [3.63, 3.8) is 0 Å². The van der Waals surface area contributed by atoms with Gasteiger partial charge in [-0.1, -0.05) is 0 Å². The first-order valence-electron chi connectivity index (χ1n) is 3.75. The van der Waals surface area contributed by atoms with E-state index in [4.69, 9.17) is 10.2 Å². The van der Waals surface area contributed by atoms with Crippen molar-refractivity contribution in [1.29, 1.82) is 0 Å². The fourth-order valence-electron chi connectivity index (χ4n) is 1.32. The third kappa shape index (κ3) is 2.60. The number of nitrogens with one attached hydrogen (secondary N) is 1. The molecule has 0 aromatic carbocycles. The summed E-state index contributed by atoms with van der Waals surface area (Å²) in [6.45, 7) is 2.07. The van der Waals surface area contributed by atoms with Crippen LogP contribution in [0.4, 0.5) is 0 Å². The van der Waals surface area contributed by atoms with Crippen molar-refractivity contribution in [2.24, 2.45) is 5.41 Å². The fourth-order valence-corrected chi connectivity index (χ4v) is 1.32. The number of piperidine rings is 1. The normalized spacial score (nSPS) is 22.4. The molecule has 0 aromatic heterocycles. The summed E-state index contributed by atoms with van der Waals surface area (Å²) in [5.41, 5.74) is -0.189. The number of aliphatic hydroxyl groups excluding tert-OH is 2. The molecule has 1 aliphatic heterocycles. The molecule has 0 saturated carbocycles. The van der Waals surface area contributed by atoms with Gasteiger partial charge in [0, 0.05) is 5.41 Å². The Balaban J connectivity index is 0.000001000. The standard InChI is InChI=1S/C7H15NO2.ClH/c9-5-7(6-10)1-3-8-4-2-7;/h8-10H,1-6H2;1H. The third-order valence-electron chi connectivity index (χ3n) is 2.34. The van der Waals surface area contributed by atoms with Crippen LogP contribution in [0.2, 0.25) is 0 Å². The van der Waals surface area contributed by atoms with E-state index in [-0.39, 0.29) is 31.0 Å². The maximum atomic E-state index is 8.95. The SMILES string of the molecule is Cl.OCC1(CO)CCNCC1. The zero-order valence-corrected chi connectivity index (χ0v) is 7.36. The predicted octanol–water partition coefficient (Wildman–Crippen LogP) is -0.237. The Bertz CT molecular complexity index is 98.6. The maximum Gasteiger partial charge on any atom is 0.0510 e. The van der Waals surface area contributed by atoms with Crippen LogP contribution in [0.25, 0.3) is 0 Å². The van der Waals surface area contributed by atoms with Gasteiger partial charge in [-0.25, -0.2) is 0 Å². The lowest BCUT2D eigenvalue weighted by molar-refractivity contribution is 0.0290. The van der Waals surface area contributed by atoms with Gasteiger partial charge in [0.1, 0.15) is 0 Å². The molecule has 0 spiro atoms. The van der Waals surface area contributed by atoms with Gasteiger partial charge in [-0.3, -0.25) is 0 Å². The molecule has 1 aliphatic rings. The topological polar surface area (TPSA) is 52.5 Å². The van der Waals surface area contributed by atoms with Crippen LogP contribution in [-0.4, -0.2) is 36.5 Å². The fraction of sp³-hybridized carbons (Fsp3) is 1.00. The molecule has 4 heteroatoms. The summed E-state index contributed by atoms with van der Waals surface area (Å²) in [5.74, 6) is 0. The molecule has 0 atom stereocenters. The van der Waals surface area contributed by atoms with E-state index >= 15 is 0 Å². The van der Waals surface area contributed by atoms with Crippen LogP contribution in [-0.2, 0) is 0 Å². The first-order chi connectivity index (χ1) is 4.83. The predicted molar refractivity (Wildman–Crippen MR) is 46.0 cm³/mol. The van der Waals surface area contributed by atoms with Gasteiger partial charge in [-0.2, -0.15) is 0 Å². The highest BCUT2D eigenvalue weighted by Gasteiger charge is 2.30. The van der Waals surface area contributed by atoms with Crippen molar-refractivity contribution >= 4 is 12.4 Å². The van der Waals surface area contributed by atoms with E-state index in [0.717, 1.165) is 25.9 Å². The van der Waals surface area contributed by atoms with Crippen LogP contribution in [0.15, 0.2) is 0 Å². The zero-order valence-electron chi connectivity index (χ0n) is 6.55. The van der Waals surface area contributed by atoms with E-state index in [1.807, 2.05) is 0 Å². The maximum absolute atomic E-state index is 8.95. The monoisotopic (exact) mass is 181 g/mol. The number of hydrogen-bond acceptors (Lipinski definition) is 3. The molecule has 68 valence electrons. The van der Waals surface area contributed by atoms with Gasteiger partial charge in [-0.05, 0) is 25.9 Å². The lowest BCUT2D eigenvalue weighted by Gasteiger charge is -2.33. The molecule has 1 heterocycles. The summed E-state index contributed by atoms with van der Waals surface area (Å²) in [7, 11) is 0. The van der Waals surface area contributed by atoms with Gasteiger partial charge >= 0.3 is 0 Å². The van der Waals surface area contributed by atoms with E-state index in [1.165, 1.54) is 0 Å². The number of hydrogen-bond donors (Lipinski definition) is 3. The second kappa shape index (κ2) is 4.93. The smallest absolute Gasteiger partial charge is 0.0510 e. The van der Waals surface area contributed by atoms with Crippen molar-refractivity contribution in [3.8, 4) is 0 Å². The quantitative estimate of drug-likeness (QED) is 0.552. The minimum absolute atomic E-state index is 0. The highest BCUT2D eigenvalue weighted by Crippen LogP contribution is 2.26. The summed E-state index contributed by atoms with van der Waals surface area (Å²) in [6.07, 6.45) is 1.78. The highest BCUT2D eigenvalue weighted by atomic mass is 35.5. The minimum atomic E-state index is -0.189. The molecule has 0 aliphatic carbocycles. The van der Waals surface area contributed by atoms with E-state index in [9.17, 15) is 0 Å². The average Bonchev–Trinajstić information content (AvgIpc) is 2.06. The largest absolute Gasteiger partial charge is 0.396 e. The Morgan fingerprint density at radius 1 is 1.09 bits per heavy atom. The van der Waals surface area contributed by atoms with Crippen LogP contribution in [0.5, 0.6) is 0 Å². The minimum Gasteiger partial charge on any atom is -0.396 e. The Hall–Kier alpha value is 0.170. The van der Waals surface area contributed by atoms with Gasteiger partial charge in [0.05, 0.1) is 13.2 Å². The van der Waals surface area contributed by atoms with Crippen molar-refractivity contribution in [2.75, 3.05) is 26.3 Å². The van der Waals surface area contributed by atoms with Crippen LogP contribution in [0, 0.1) is 5.41 Å². The van der Waals surface area contributed by atoms with E-state index in [0.29, 0.717) is 0 Å². The molecular formula is C7H16ClNO2. The second-order valence-corrected chi connectivity index (χ2v) is 3.07. The van der Waals surface area contributed by atoms with Crippen molar-refractivity contribution in [3.05, 3.63) is 0 Å². The molecule has 1 fully saturated rings. The summed E-state index contributed by atoms with van der Waals surface area (Å²) in [6, 6.07) is 0. The molecule has 3 nitrogen and oxygen atoms in total. The molecule has 0 amide bonds. The number of rotatable bonds is 2. The summed E-state index contributed by atoms with van der Waals surface area (Å²) < 4.78 is 0. The molecular weight excluding hydrogens is 166 g/mol. The first kappa shape index (κ1) is 11.2. The van der Waals surface area contributed by atoms with Crippen LogP contribution >= 0.6 is 12.4 Å². The van der Waals surface area contributed by atoms with Crippen LogP contribution in [0.1, 0.15) is 12.8 Å². The summed E-state index contributed by atoms with van der Waals surface area (Å²) in [5, 5.41) is 21.1. The molecule has 0 unspecified atom stereocenters. The molecule has 11 heavy (non-hydrogen) atoms. The van der Waals surface area contributed by atoms with Crippen LogP contribution in [0.3, 0.4) is 0 Å². The van der Waals surface area contributed by atoms with Gasteiger partial charge in [0.15, 0.2) is 0 Å². The molecule has 0 radical (unpaired) electrons. The molecule has 0 bridgehead atoms. The van der Waals surface area contributed by atoms with E-state index < -0.39 is 0 Å². The van der Waals surface area contributed by atoms with E-state index in [1.54, 1.807) is 0 Å².